The molecule has 0 radical (unpaired) electrons. The van der Waals surface area contributed by atoms with Crippen molar-refractivity contribution >= 4 is 28.3 Å². The van der Waals surface area contributed by atoms with E-state index < -0.39 is 0 Å². The van der Waals surface area contributed by atoms with E-state index in [9.17, 15) is 9.59 Å². The van der Waals surface area contributed by atoms with E-state index in [4.69, 9.17) is 0 Å². The van der Waals surface area contributed by atoms with E-state index in [1.807, 2.05) is 58.2 Å². The first-order valence-corrected chi connectivity index (χ1v) is 9.92. The largest absolute Gasteiger partial charge is 0.343 e. The number of aromatic nitrogens is 3. The van der Waals surface area contributed by atoms with Gasteiger partial charge in [0, 0.05) is 37.0 Å². The van der Waals surface area contributed by atoms with E-state index in [1.54, 1.807) is 18.8 Å². The van der Waals surface area contributed by atoms with Gasteiger partial charge in [0.25, 0.3) is 5.56 Å². The molecule has 5 nitrogen and oxygen atoms in total. The monoisotopic (exact) mass is 383 g/mol. The van der Waals surface area contributed by atoms with E-state index in [0.29, 0.717) is 17.6 Å². The van der Waals surface area contributed by atoms with Gasteiger partial charge in [0.05, 0.1) is 21.9 Å². The van der Waals surface area contributed by atoms with Gasteiger partial charge in [0.1, 0.15) is 5.78 Å². The van der Waals surface area contributed by atoms with Crippen LogP contribution in [0.25, 0.3) is 10.8 Å². The lowest BCUT2D eigenvalue weighted by Crippen LogP contribution is -2.22. The molecule has 0 bridgehead atoms. The van der Waals surface area contributed by atoms with Crippen molar-refractivity contribution in [1.82, 2.24) is 14.3 Å². The Labute approximate surface area is 163 Å². The number of benzene rings is 1. The standard InChI is InChI=1S/C21H25N3O2S/c1-21(2,3)18(25)13-27-19-11-10-14(23(19)4)12-17-15-8-6-7-9-16(15)20(26)24(5)22-17/h6-11H,12-13H2,1-5H3. The van der Waals surface area contributed by atoms with Gasteiger partial charge in [0.2, 0.25) is 0 Å². The summed E-state index contributed by atoms with van der Waals surface area (Å²) in [5.74, 6) is 0.697. The Morgan fingerprint density at radius 3 is 2.41 bits per heavy atom. The van der Waals surface area contributed by atoms with Crippen LogP contribution in [0.15, 0.2) is 46.2 Å². The molecule has 6 heteroatoms. The Morgan fingerprint density at radius 1 is 1.07 bits per heavy atom. The molecular weight excluding hydrogens is 358 g/mol. The average molecular weight is 384 g/mol. The van der Waals surface area contributed by atoms with Crippen molar-refractivity contribution in [2.75, 3.05) is 5.75 Å². The maximum atomic E-state index is 12.3. The summed E-state index contributed by atoms with van der Waals surface area (Å²) in [6, 6.07) is 11.7. The van der Waals surface area contributed by atoms with Crippen LogP contribution in [0.2, 0.25) is 0 Å². The second-order valence-corrected chi connectivity index (χ2v) is 8.78. The topological polar surface area (TPSA) is 56.9 Å². The smallest absolute Gasteiger partial charge is 0.274 e. The third-order valence-corrected chi connectivity index (χ3v) is 5.86. The molecule has 0 N–H and O–H groups in total. The average Bonchev–Trinajstić information content (AvgIpc) is 2.96. The molecule has 0 fully saturated rings. The normalized spacial score (nSPS) is 11.9. The molecular formula is C21H25N3O2S. The SMILES string of the molecule is Cn1c(Cc2nn(C)c(=O)c3ccccc23)ccc1SCC(=O)C(C)(C)C. The second-order valence-electron chi connectivity index (χ2n) is 7.78. The van der Waals surface area contributed by atoms with Gasteiger partial charge in [-0.3, -0.25) is 9.59 Å². The number of ketones is 1. The lowest BCUT2D eigenvalue weighted by atomic mass is 9.92. The van der Waals surface area contributed by atoms with Gasteiger partial charge in [-0.2, -0.15) is 5.10 Å². The molecule has 0 amide bonds. The molecule has 0 saturated heterocycles. The summed E-state index contributed by atoms with van der Waals surface area (Å²) < 4.78 is 3.50. The maximum Gasteiger partial charge on any atom is 0.274 e. The first-order valence-electron chi connectivity index (χ1n) is 8.94. The molecule has 0 aliphatic rings. The summed E-state index contributed by atoms with van der Waals surface area (Å²) in [5, 5.41) is 7.11. The number of aryl methyl sites for hydroxylation is 1. The van der Waals surface area contributed by atoms with Crippen LogP contribution < -0.4 is 5.56 Å². The Kier molecular flexibility index (Phi) is 5.29. The van der Waals surface area contributed by atoms with Crippen molar-refractivity contribution in [2.45, 2.75) is 32.2 Å². The van der Waals surface area contributed by atoms with Crippen LogP contribution in [0.4, 0.5) is 0 Å². The van der Waals surface area contributed by atoms with Crippen LogP contribution in [0.3, 0.4) is 0 Å². The third-order valence-electron chi connectivity index (χ3n) is 4.75. The van der Waals surface area contributed by atoms with Gasteiger partial charge in [-0.1, -0.05) is 39.0 Å². The van der Waals surface area contributed by atoms with Gasteiger partial charge in [-0.05, 0) is 18.2 Å². The first kappa shape index (κ1) is 19.4. The number of hydrogen-bond donors (Lipinski definition) is 0. The molecule has 1 aromatic carbocycles. The minimum absolute atomic E-state index is 0.0850. The van der Waals surface area contributed by atoms with Crippen LogP contribution >= 0.6 is 11.8 Å². The summed E-state index contributed by atoms with van der Waals surface area (Å²) in [5.41, 5.74) is 1.56. The molecule has 0 unspecified atom stereocenters. The number of nitrogens with zero attached hydrogens (tertiary/aromatic N) is 3. The number of hydrogen-bond acceptors (Lipinski definition) is 4. The molecule has 2 aromatic heterocycles. The number of thioether (sulfide) groups is 1. The zero-order valence-corrected chi connectivity index (χ0v) is 17.3. The van der Waals surface area contributed by atoms with Gasteiger partial charge < -0.3 is 4.57 Å². The summed E-state index contributed by atoms with van der Waals surface area (Å²) in [6.45, 7) is 5.84. The number of carbonyl (C=O) groups is 1. The van der Waals surface area contributed by atoms with Gasteiger partial charge in [-0.15, -0.1) is 11.8 Å². The molecule has 0 saturated carbocycles. The van der Waals surface area contributed by atoms with Crippen molar-refractivity contribution in [3.8, 4) is 0 Å². The van der Waals surface area contributed by atoms with Crippen LogP contribution in [-0.2, 0) is 25.3 Å². The van der Waals surface area contributed by atoms with Crippen LogP contribution in [-0.4, -0.2) is 25.9 Å². The summed E-state index contributed by atoms with van der Waals surface area (Å²) >= 11 is 1.56. The van der Waals surface area contributed by atoms with Gasteiger partial charge >= 0.3 is 0 Å². The highest BCUT2D eigenvalue weighted by Gasteiger charge is 2.21. The molecule has 0 atom stereocenters. The maximum absolute atomic E-state index is 12.3. The van der Waals surface area contributed by atoms with Crippen molar-refractivity contribution in [2.24, 2.45) is 19.5 Å². The Bertz CT molecular complexity index is 1060. The number of fused-ring (bicyclic) bond motifs is 1. The highest BCUT2D eigenvalue weighted by atomic mass is 32.2. The predicted molar refractivity (Wildman–Crippen MR) is 110 cm³/mol. The number of rotatable bonds is 5. The fraction of sp³-hybridized carbons (Fsp3) is 0.381. The molecule has 0 aliphatic heterocycles. The number of Topliss-reactive ketones (excluding diaryl/α,β-unsaturated/α-hetero) is 1. The van der Waals surface area contributed by atoms with Gasteiger partial charge in [0.15, 0.2) is 0 Å². The molecule has 142 valence electrons. The van der Waals surface area contributed by atoms with Crippen molar-refractivity contribution in [3.63, 3.8) is 0 Å². The third kappa shape index (κ3) is 4.00. The van der Waals surface area contributed by atoms with Crippen LogP contribution in [0, 0.1) is 5.41 Å². The zero-order chi connectivity index (χ0) is 19.8. The number of carbonyl (C=O) groups excluding carboxylic acids is 1. The van der Waals surface area contributed by atoms with Crippen LogP contribution in [0.5, 0.6) is 0 Å². The lowest BCUT2D eigenvalue weighted by Gasteiger charge is -2.16. The molecule has 0 spiro atoms. The highest BCUT2D eigenvalue weighted by molar-refractivity contribution is 7.99. The van der Waals surface area contributed by atoms with Crippen molar-refractivity contribution < 1.29 is 4.79 Å². The summed E-state index contributed by atoms with van der Waals surface area (Å²) in [7, 11) is 3.69. The minimum atomic E-state index is -0.321. The van der Waals surface area contributed by atoms with Crippen molar-refractivity contribution in [1.29, 1.82) is 0 Å². The Morgan fingerprint density at radius 2 is 1.74 bits per heavy atom. The van der Waals surface area contributed by atoms with E-state index in [1.165, 1.54) is 4.68 Å². The lowest BCUT2D eigenvalue weighted by molar-refractivity contribution is -0.123. The second kappa shape index (κ2) is 7.35. The predicted octanol–water partition coefficient (Wildman–Crippen LogP) is 3.57. The Hall–Kier alpha value is -2.34. The van der Waals surface area contributed by atoms with E-state index in [2.05, 4.69) is 15.7 Å². The highest BCUT2D eigenvalue weighted by Crippen LogP contribution is 2.26. The Balaban J connectivity index is 1.87. The zero-order valence-electron chi connectivity index (χ0n) is 16.4. The molecule has 27 heavy (non-hydrogen) atoms. The first-order chi connectivity index (χ1) is 12.7. The molecule has 0 aliphatic carbocycles. The van der Waals surface area contributed by atoms with E-state index in [0.717, 1.165) is 21.8 Å². The summed E-state index contributed by atoms with van der Waals surface area (Å²) in [4.78, 5) is 24.5. The molecule has 2 heterocycles. The van der Waals surface area contributed by atoms with E-state index >= 15 is 0 Å². The quantitative estimate of drug-likeness (QED) is 0.632. The van der Waals surface area contributed by atoms with Gasteiger partial charge in [-0.25, -0.2) is 4.68 Å². The molecule has 3 aromatic rings. The van der Waals surface area contributed by atoms with Crippen molar-refractivity contribution in [3.05, 3.63) is 58.1 Å². The fourth-order valence-corrected chi connectivity index (χ4v) is 4.08. The fourth-order valence-electron chi connectivity index (χ4n) is 2.89. The minimum Gasteiger partial charge on any atom is -0.343 e. The van der Waals surface area contributed by atoms with Crippen LogP contribution in [0.1, 0.15) is 32.2 Å². The van der Waals surface area contributed by atoms with E-state index in [-0.39, 0.29) is 16.8 Å². The summed E-state index contributed by atoms with van der Waals surface area (Å²) in [6.07, 6.45) is 0.624. The molecule has 3 rings (SSSR count).